The summed E-state index contributed by atoms with van der Waals surface area (Å²) in [4.78, 5) is 32.7. The SMILES string of the molecule is COc1cc(-c2cc(C(=O)N3CCC(C(=O)N[C@H]4CC[C@H](C(F)(F)F)N(C)C4)CC3)[nH]n2)c(Cl)cn1. The van der Waals surface area contributed by atoms with Crippen LogP contribution >= 0.6 is 11.6 Å². The largest absolute Gasteiger partial charge is 0.481 e. The standard InChI is InChI=1S/C23H28ClF3N6O3/c1-32-12-14(3-4-19(32)23(25,26)27)29-21(34)13-5-7-33(8-6-13)22(35)18-10-17(30-31-18)15-9-20(36-2)28-11-16(15)24/h9-11,13-14,19H,3-8,12H2,1-2H3,(H,29,34)(H,30,31)/t14-,19+/m0/s1. The number of nitrogens with zero attached hydrogens (tertiary/aromatic N) is 4. The van der Waals surface area contributed by atoms with Gasteiger partial charge in [0.25, 0.3) is 5.91 Å². The Kier molecular flexibility index (Phi) is 7.74. The molecule has 13 heteroatoms. The third-order valence-corrected chi connectivity index (χ3v) is 7.13. The van der Waals surface area contributed by atoms with E-state index in [0.717, 1.165) is 0 Å². The Morgan fingerprint density at radius 1 is 1.19 bits per heavy atom. The maximum Gasteiger partial charge on any atom is 0.404 e. The van der Waals surface area contributed by atoms with Gasteiger partial charge in [-0.25, -0.2) is 4.98 Å². The number of likely N-dealkylation sites (N-methyl/N-ethyl adjacent to an activating group) is 1. The van der Waals surface area contributed by atoms with Gasteiger partial charge in [-0.3, -0.25) is 19.6 Å². The van der Waals surface area contributed by atoms with Gasteiger partial charge >= 0.3 is 6.18 Å². The molecule has 0 unspecified atom stereocenters. The lowest BCUT2D eigenvalue weighted by Crippen LogP contribution is -2.55. The highest BCUT2D eigenvalue weighted by Gasteiger charge is 2.45. The second-order valence-corrected chi connectivity index (χ2v) is 9.63. The van der Waals surface area contributed by atoms with E-state index in [-0.39, 0.29) is 43.2 Å². The van der Waals surface area contributed by atoms with Crippen molar-refractivity contribution in [3.63, 3.8) is 0 Å². The molecule has 0 aromatic carbocycles. The van der Waals surface area contributed by atoms with E-state index in [1.807, 2.05) is 0 Å². The highest BCUT2D eigenvalue weighted by molar-refractivity contribution is 6.33. The van der Waals surface area contributed by atoms with Crippen molar-refractivity contribution in [3.05, 3.63) is 29.0 Å². The Morgan fingerprint density at radius 3 is 2.56 bits per heavy atom. The van der Waals surface area contributed by atoms with E-state index < -0.39 is 12.2 Å². The molecule has 2 aliphatic rings. The topological polar surface area (TPSA) is 103 Å². The van der Waals surface area contributed by atoms with Crippen LogP contribution in [0.2, 0.25) is 5.02 Å². The third kappa shape index (κ3) is 5.75. The Balaban J connectivity index is 1.29. The van der Waals surface area contributed by atoms with Crippen LogP contribution in [0.15, 0.2) is 18.3 Å². The number of hydrogen-bond acceptors (Lipinski definition) is 6. The molecule has 2 aliphatic heterocycles. The van der Waals surface area contributed by atoms with Crippen LogP contribution in [0.25, 0.3) is 11.3 Å². The van der Waals surface area contributed by atoms with Crippen molar-refractivity contribution >= 4 is 23.4 Å². The highest BCUT2D eigenvalue weighted by Crippen LogP contribution is 2.32. The molecule has 196 valence electrons. The molecule has 4 heterocycles. The predicted octanol–water partition coefficient (Wildman–Crippen LogP) is 3.13. The van der Waals surface area contributed by atoms with E-state index in [4.69, 9.17) is 16.3 Å². The summed E-state index contributed by atoms with van der Waals surface area (Å²) in [6.45, 7) is 0.925. The van der Waals surface area contributed by atoms with Gasteiger partial charge in [0.05, 0.1) is 24.0 Å². The molecule has 0 radical (unpaired) electrons. The number of aromatic nitrogens is 3. The molecule has 0 saturated carbocycles. The second-order valence-electron chi connectivity index (χ2n) is 9.22. The number of methoxy groups -OCH3 is 1. The number of H-pyrrole nitrogens is 1. The van der Waals surface area contributed by atoms with Gasteiger partial charge in [0.15, 0.2) is 0 Å². The lowest BCUT2D eigenvalue weighted by atomic mass is 9.93. The predicted molar refractivity (Wildman–Crippen MR) is 126 cm³/mol. The molecule has 2 aromatic rings. The lowest BCUT2D eigenvalue weighted by Gasteiger charge is -2.39. The van der Waals surface area contributed by atoms with Gasteiger partial charge in [-0.1, -0.05) is 11.6 Å². The van der Waals surface area contributed by atoms with E-state index in [1.165, 1.54) is 25.3 Å². The van der Waals surface area contributed by atoms with E-state index in [9.17, 15) is 22.8 Å². The molecule has 36 heavy (non-hydrogen) atoms. The third-order valence-electron chi connectivity index (χ3n) is 6.83. The molecule has 2 aromatic heterocycles. The Bertz CT molecular complexity index is 1100. The monoisotopic (exact) mass is 528 g/mol. The van der Waals surface area contributed by atoms with Crippen LogP contribution in [-0.2, 0) is 4.79 Å². The van der Waals surface area contributed by atoms with E-state index >= 15 is 0 Å². The van der Waals surface area contributed by atoms with Crippen molar-refractivity contribution in [1.82, 2.24) is 30.3 Å². The average molecular weight is 529 g/mol. The molecule has 2 fully saturated rings. The number of aromatic amines is 1. The fraction of sp³-hybridized carbons (Fsp3) is 0.565. The first kappa shape index (κ1) is 26.2. The van der Waals surface area contributed by atoms with Gasteiger partial charge in [-0.15, -0.1) is 0 Å². The number of amides is 2. The van der Waals surface area contributed by atoms with Crippen LogP contribution in [0.1, 0.15) is 36.2 Å². The quantitative estimate of drug-likeness (QED) is 0.618. The molecular formula is C23H28ClF3N6O3. The van der Waals surface area contributed by atoms with Crippen molar-refractivity contribution in [2.45, 2.75) is 43.9 Å². The summed E-state index contributed by atoms with van der Waals surface area (Å²) in [7, 11) is 2.92. The lowest BCUT2D eigenvalue weighted by molar-refractivity contribution is -0.188. The molecule has 4 rings (SSSR count). The zero-order valence-corrected chi connectivity index (χ0v) is 20.7. The van der Waals surface area contributed by atoms with Gasteiger partial charge < -0.3 is 15.0 Å². The van der Waals surface area contributed by atoms with Crippen molar-refractivity contribution in [3.8, 4) is 17.1 Å². The Hall–Kier alpha value is -2.86. The minimum Gasteiger partial charge on any atom is -0.481 e. The number of ether oxygens (including phenoxy) is 1. The summed E-state index contributed by atoms with van der Waals surface area (Å²) in [5, 5.41) is 10.2. The van der Waals surface area contributed by atoms with Gasteiger partial charge in [0.2, 0.25) is 11.8 Å². The van der Waals surface area contributed by atoms with Crippen LogP contribution in [0.3, 0.4) is 0 Å². The molecule has 2 atom stereocenters. The number of nitrogens with one attached hydrogen (secondary N) is 2. The maximum atomic E-state index is 13.1. The van der Waals surface area contributed by atoms with Gasteiger partial charge in [0.1, 0.15) is 11.7 Å². The Labute approximate surface area is 211 Å². The zero-order valence-electron chi connectivity index (χ0n) is 19.9. The first-order valence-electron chi connectivity index (χ1n) is 11.7. The maximum absolute atomic E-state index is 13.1. The summed E-state index contributed by atoms with van der Waals surface area (Å²) in [5.41, 5.74) is 1.34. The molecule has 0 bridgehead atoms. The van der Waals surface area contributed by atoms with Crippen molar-refractivity contribution in [2.24, 2.45) is 5.92 Å². The summed E-state index contributed by atoms with van der Waals surface area (Å²) in [6, 6.07) is 1.45. The minimum atomic E-state index is -4.27. The number of halogens is 4. The number of carbonyl (C=O) groups is 2. The minimum absolute atomic E-state index is 0.0401. The van der Waals surface area contributed by atoms with Crippen LogP contribution in [-0.4, -0.2) is 88.8 Å². The number of rotatable bonds is 5. The van der Waals surface area contributed by atoms with Crippen LogP contribution in [0, 0.1) is 5.92 Å². The van der Waals surface area contributed by atoms with Crippen LogP contribution < -0.4 is 10.1 Å². The zero-order chi connectivity index (χ0) is 26.0. The summed E-state index contributed by atoms with van der Waals surface area (Å²) in [5.74, 6) is -0.335. The van der Waals surface area contributed by atoms with Crippen LogP contribution in [0.5, 0.6) is 5.88 Å². The molecule has 0 spiro atoms. The normalized spacial score (nSPS) is 21.9. The molecule has 2 amide bonds. The fourth-order valence-electron chi connectivity index (χ4n) is 4.81. The number of pyridine rings is 1. The van der Waals surface area contributed by atoms with Gasteiger partial charge in [0, 0.05) is 43.2 Å². The van der Waals surface area contributed by atoms with Crippen molar-refractivity contribution < 1.29 is 27.5 Å². The fourth-order valence-corrected chi connectivity index (χ4v) is 5.01. The molecule has 0 aliphatic carbocycles. The van der Waals surface area contributed by atoms with Crippen molar-refractivity contribution in [2.75, 3.05) is 33.8 Å². The molecular weight excluding hydrogens is 501 g/mol. The number of carbonyl (C=O) groups excluding carboxylic acids is 2. The van der Waals surface area contributed by atoms with Crippen molar-refractivity contribution in [1.29, 1.82) is 0 Å². The number of hydrogen-bond donors (Lipinski definition) is 2. The smallest absolute Gasteiger partial charge is 0.404 e. The van der Waals surface area contributed by atoms with E-state index in [0.29, 0.717) is 53.8 Å². The highest BCUT2D eigenvalue weighted by atomic mass is 35.5. The van der Waals surface area contributed by atoms with Gasteiger partial charge in [-0.2, -0.15) is 18.3 Å². The Morgan fingerprint density at radius 2 is 1.92 bits per heavy atom. The van der Waals surface area contributed by atoms with E-state index in [1.54, 1.807) is 17.0 Å². The summed E-state index contributed by atoms with van der Waals surface area (Å²) in [6.07, 6.45) is -1.63. The first-order chi connectivity index (χ1) is 17.1. The number of likely N-dealkylation sites (tertiary alicyclic amines) is 2. The average Bonchev–Trinajstić information content (AvgIpc) is 3.33. The number of piperidine rings is 2. The number of alkyl halides is 3. The molecule has 9 nitrogen and oxygen atoms in total. The van der Waals surface area contributed by atoms with Gasteiger partial charge in [-0.05, 0) is 38.8 Å². The summed E-state index contributed by atoms with van der Waals surface area (Å²) >= 11 is 6.22. The summed E-state index contributed by atoms with van der Waals surface area (Å²) < 4.78 is 44.3. The molecule has 2 saturated heterocycles. The van der Waals surface area contributed by atoms with E-state index in [2.05, 4.69) is 20.5 Å². The van der Waals surface area contributed by atoms with Crippen LogP contribution in [0.4, 0.5) is 13.2 Å². The second kappa shape index (κ2) is 10.6. The first-order valence-corrected chi connectivity index (χ1v) is 12.1. The molecule has 2 N–H and O–H groups in total.